The van der Waals surface area contributed by atoms with Crippen LogP contribution in [0.2, 0.25) is 0 Å². The Morgan fingerprint density at radius 2 is 1.38 bits per heavy atom. The highest BCUT2D eigenvalue weighted by Gasteiger charge is 2.39. The first-order valence-electron chi connectivity index (χ1n) is 16.7. The lowest BCUT2D eigenvalue weighted by Crippen LogP contribution is -2.27. The SMILES string of the molecule is CCCC(C)C1CCC(CCc2ccc(OCC3CCC(C4CCC(CC)CC4)CC3)c(F)c2C(F)(F)F)CC1. The third-order valence-electron chi connectivity index (χ3n) is 11.2. The summed E-state index contributed by atoms with van der Waals surface area (Å²) in [6.07, 6.45) is 14.3. The number of alkyl halides is 3. The van der Waals surface area contributed by atoms with Gasteiger partial charge < -0.3 is 4.74 Å². The van der Waals surface area contributed by atoms with Crippen molar-refractivity contribution in [2.45, 2.75) is 136 Å². The highest BCUT2D eigenvalue weighted by Crippen LogP contribution is 2.43. The van der Waals surface area contributed by atoms with Gasteiger partial charge in [-0.15, -0.1) is 0 Å². The minimum Gasteiger partial charge on any atom is -0.490 e. The maximum atomic E-state index is 15.3. The Kier molecular flexibility index (Phi) is 11.7. The van der Waals surface area contributed by atoms with Crippen LogP contribution < -0.4 is 4.74 Å². The third-order valence-corrected chi connectivity index (χ3v) is 11.2. The van der Waals surface area contributed by atoms with E-state index in [9.17, 15) is 13.2 Å². The Balaban J connectivity index is 1.27. The van der Waals surface area contributed by atoms with E-state index < -0.39 is 17.6 Å². The Hall–Kier alpha value is -1.26. The van der Waals surface area contributed by atoms with Crippen LogP contribution in [-0.2, 0) is 12.6 Å². The van der Waals surface area contributed by atoms with E-state index in [1.54, 1.807) is 0 Å². The summed E-state index contributed by atoms with van der Waals surface area (Å²) < 4.78 is 63.1. The lowest BCUT2D eigenvalue weighted by molar-refractivity contribution is -0.140. The molecule has 1 aromatic rings. The Bertz CT molecular complexity index is 887. The molecule has 3 fully saturated rings. The highest BCUT2D eigenvalue weighted by atomic mass is 19.4. The minimum absolute atomic E-state index is 0.0807. The number of hydrogen-bond donors (Lipinski definition) is 0. The molecule has 0 aliphatic heterocycles. The van der Waals surface area contributed by atoms with Gasteiger partial charge in [0.15, 0.2) is 11.6 Å². The molecule has 0 radical (unpaired) electrons. The molecule has 0 amide bonds. The largest absolute Gasteiger partial charge is 0.490 e. The topological polar surface area (TPSA) is 9.23 Å². The van der Waals surface area contributed by atoms with Gasteiger partial charge in [0.1, 0.15) is 0 Å². The molecule has 3 aliphatic rings. The molecule has 228 valence electrons. The zero-order chi connectivity index (χ0) is 28.7. The summed E-state index contributed by atoms with van der Waals surface area (Å²) in [5.74, 6) is 3.26. The summed E-state index contributed by atoms with van der Waals surface area (Å²) in [5.41, 5.74) is -1.03. The van der Waals surface area contributed by atoms with Gasteiger partial charge in [0.25, 0.3) is 0 Å². The molecular weight excluding hydrogens is 512 g/mol. The second kappa shape index (κ2) is 14.8. The fraction of sp³-hybridized carbons (Fsp3) is 0.829. The first-order valence-corrected chi connectivity index (χ1v) is 16.7. The van der Waals surface area contributed by atoms with Crippen LogP contribution in [0.4, 0.5) is 17.6 Å². The van der Waals surface area contributed by atoms with Crippen molar-refractivity contribution < 1.29 is 22.3 Å². The molecule has 0 N–H and O–H groups in total. The monoisotopic (exact) mass is 566 g/mol. The molecule has 1 atom stereocenters. The van der Waals surface area contributed by atoms with Crippen LogP contribution in [0.1, 0.15) is 135 Å². The van der Waals surface area contributed by atoms with E-state index in [-0.39, 0.29) is 17.7 Å². The van der Waals surface area contributed by atoms with Gasteiger partial charge in [-0.3, -0.25) is 0 Å². The molecule has 1 nitrogen and oxygen atoms in total. The van der Waals surface area contributed by atoms with Gasteiger partial charge in [0, 0.05) is 0 Å². The lowest BCUT2D eigenvalue weighted by atomic mass is 9.69. The average Bonchev–Trinajstić information content (AvgIpc) is 2.95. The minimum atomic E-state index is -4.72. The molecule has 0 aromatic heterocycles. The third kappa shape index (κ3) is 8.40. The summed E-state index contributed by atoms with van der Waals surface area (Å²) in [5, 5.41) is 0. The fourth-order valence-electron chi connectivity index (χ4n) is 8.42. The molecule has 3 saturated carbocycles. The van der Waals surface area contributed by atoms with E-state index in [1.165, 1.54) is 82.8 Å². The van der Waals surface area contributed by atoms with Crippen LogP contribution in [-0.4, -0.2) is 6.61 Å². The maximum absolute atomic E-state index is 15.3. The zero-order valence-corrected chi connectivity index (χ0v) is 25.3. The number of hydrogen-bond acceptors (Lipinski definition) is 1. The molecular formula is C35H54F4O. The van der Waals surface area contributed by atoms with Gasteiger partial charge >= 0.3 is 6.18 Å². The summed E-state index contributed by atoms with van der Waals surface area (Å²) in [4.78, 5) is 0. The summed E-state index contributed by atoms with van der Waals surface area (Å²) in [6.45, 7) is 7.16. The van der Waals surface area contributed by atoms with Gasteiger partial charge in [-0.2, -0.15) is 13.2 Å². The average molecular weight is 567 g/mol. The van der Waals surface area contributed by atoms with Crippen molar-refractivity contribution in [1.29, 1.82) is 0 Å². The van der Waals surface area contributed by atoms with E-state index >= 15 is 4.39 Å². The van der Waals surface area contributed by atoms with Crippen LogP contribution in [0.25, 0.3) is 0 Å². The second-order valence-corrected chi connectivity index (χ2v) is 13.8. The number of halogens is 4. The summed E-state index contributed by atoms with van der Waals surface area (Å²) >= 11 is 0. The van der Waals surface area contributed by atoms with Gasteiger partial charge in [0.05, 0.1) is 12.2 Å². The first-order chi connectivity index (χ1) is 19.2. The molecule has 5 heteroatoms. The second-order valence-electron chi connectivity index (χ2n) is 13.8. The molecule has 1 aromatic carbocycles. The van der Waals surface area contributed by atoms with Crippen LogP contribution >= 0.6 is 0 Å². The van der Waals surface area contributed by atoms with Crippen molar-refractivity contribution in [3.8, 4) is 5.75 Å². The van der Waals surface area contributed by atoms with Crippen molar-refractivity contribution in [1.82, 2.24) is 0 Å². The molecule has 1 unspecified atom stereocenters. The van der Waals surface area contributed by atoms with Crippen molar-refractivity contribution in [3.05, 3.63) is 29.1 Å². The Morgan fingerprint density at radius 1 is 0.800 bits per heavy atom. The maximum Gasteiger partial charge on any atom is 0.419 e. The van der Waals surface area contributed by atoms with Gasteiger partial charge in [-0.25, -0.2) is 4.39 Å². The summed E-state index contributed by atoms with van der Waals surface area (Å²) in [7, 11) is 0. The summed E-state index contributed by atoms with van der Waals surface area (Å²) in [6, 6.07) is 2.92. The molecule has 0 spiro atoms. The number of ether oxygens (including phenoxy) is 1. The fourth-order valence-corrected chi connectivity index (χ4v) is 8.42. The zero-order valence-electron chi connectivity index (χ0n) is 25.3. The predicted molar refractivity (Wildman–Crippen MR) is 156 cm³/mol. The van der Waals surface area contributed by atoms with E-state index in [0.717, 1.165) is 55.3 Å². The molecule has 3 aliphatic carbocycles. The lowest BCUT2D eigenvalue weighted by Gasteiger charge is -2.37. The number of rotatable bonds is 11. The Labute approximate surface area is 241 Å². The molecule has 0 heterocycles. The van der Waals surface area contributed by atoms with Crippen molar-refractivity contribution >= 4 is 0 Å². The van der Waals surface area contributed by atoms with E-state index in [4.69, 9.17) is 4.74 Å². The van der Waals surface area contributed by atoms with Crippen LogP contribution in [0, 0.1) is 47.2 Å². The number of aryl methyl sites for hydroxylation is 1. The predicted octanol–water partition coefficient (Wildman–Crippen LogP) is 11.4. The quantitative estimate of drug-likeness (QED) is 0.242. The first kappa shape index (κ1) is 31.7. The smallest absolute Gasteiger partial charge is 0.419 e. The van der Waals surface area contributed by atoms with Crippen LogP contribution in [0.3, 0.4) is 0 Å². The van der Waals surface area contributed by atoms with Crippen molar-refractivity contribution in [2.75, 3.05) is 6.61 Å². The normalized spacial score (nSPS) is 30.7. The van der Waals surface area contributed by atoms with Gasteiger partial charge in [-0.05, 0) is 117 Å². The van der Waals surface area contributed by atoms with E-state index in [2.05, 4.69) is 20.8 Å². The Morgan fingerprint density at radius 3 is 1.93 bits per heavy atom. The number of benzene rings is 1. The molecule has 0 bridgehead atoms. The molecule has 0 saturated heterocycles. The van der Waals surface area contributed by atoms with E-state index in [0.29, 0.717) is 24.9 Å². The van der Waals surface area contributed by atoms with Gasteiger partial charge in [0.2, 0.25) is 0 Å². The van der Waals surface area contributed by atoms with Crippen LogP contribution in [0.15, 0.2) is 12.1 Å². The standard InChI is InChI=1S/C35H54F4O/c1-4-6-24(3)28-14-9-26(10-15-28)11-20-31-21-22-32(34(36)33(31)35(37,38)39)40-23-27-12-18-30(19-13-27)29-16-7-25(5-2)8-17-29/h21-22,24-30H,4-20,23H2,1-3H3. The molecule has 40 heavy (non-hydrogen) atoms. The van der Waals surface area contributed by atoms with Crippen LogP contribution in [0.5, 0.6) is 5.75 Å². The van der Waals surface area contributed by atoms with E-state index in [1.807, 2.05) is 0 Å². The van der Waals surface area contributed by atoms with Crippen molar-refractivity contribution in [3.63, 3.8) is 0 Å². The van der Waals surface area contributed by atoms with Crippen molar-refractivity contribution in [2.24, 2.45) is 41.4 Å². The highest BCUT2D eigenvalue weighted by molar-refractivity contribution is 5.39. The van der Waals surface area contributed by atoms with Gasteiger partial charge in [-0.1, -0.05) is 71.8 Å². The molecule has 4 rings (SSSR count).